The van der Waals surface area contributed by atoms with Crippen LogP contribution in [0, 0.1) is 6.92 Å². The van der Waals surface area contributed by atoms with Crippen LogP contribution in [0.2, 0.25) is 0 Å². The average Bonchev–Trinajstić information content (AvgIpc) is 2.71. The van der Waals surface area contributed by atoms with Crippen molar-refractivity contribution in [1.29, 1.82) is 0 Å². The lowest BCUT2D eigenvalue weighted by Gasteiger charge is -2.30. The molecule has 0 bridgehead atoms. The first kappa shape index (κ1) is 14.8. The van der Waals surface area contributed by atoms with Crippen molar-refractivity contribution >= 4 is 11.8 Å². The molecule has 0 spiro atoms. The molecule has 110 valence electrons. The van der Waals surface area contributed by atoms with E-state index in [0.29, 0.717) is 11.3 Å². The van der Waals surface area contributed by atoms with Crippen molar-refractivity contribution in [3.8, 4) is 0 Å². The Kier molecular flexibility index (Phi) is 4.95. The van der Waals surface area contributed by atoms with Crippen LogP contribution in [-0.4, -0.2) is 42.4 Å². The second-order valence-corrected chi connectivity index (χ2v) is 5.17. The molecule has 1 N–H and O–H groups in total. The molecule has 1 atom stereocenters. The molecule has 2 rings (SSSR count). The van der Waals surface area contributed by atoms with Crippen LogP contribution >= 0.6 is 0 Å². The molecule has 1 aromatic rings. The monoisotopic (exact) mass is 278 g/mol. The van der Waals surface area contributed by atoms with E-state index in [1.165, 1.54) is 13.5 Å². The minimum Gasteiger partial charge on any atom is -0.465 e. The van der Waals surface area contributed by atoms with Gasteiger partial charge in [0.05, 0.1) is 31.0 Å². The van der Waals surface area contributed by atoms with Crippen LogP contribution < -0.4 is 4.90 Å². The van der Waals surface area contributed by atoms with Gasteiger partial charge in [-0.15, -0.1) is 0 Å². The summed E-state index contributed by atoms with van der Waals surface area (Å²) in [5, 5.41) is 9.55. The van der Waals surface area contributed by atoms with E-state index in [1.807, 2.05) is 13.0 Å². The number of aliphatic hydroxyl groups excluding tert-OH is 1. The second kappa shape index (κ2) is 6.70. The molecule has 20 heavy (non-hydrogen) atoms. The summed E-state index contributed by atoms with van der Waals surface area (Å²) in [5.74, 6) is 0.465. The first-order valence-electron chi connectivity index (χ1n) is 7.11. The van der Waals surface area contributed by atoms with Crippen LogP contribution in [0.15, 0.2) is 12.1 Å². The molecule has 1 unspecified atom stereocenters. The van der Waals surface area contributed by atoms with Gasteiger partial charge >= 0.3 is 5.97 Å². The highest BCUT2D eigenvalue weighted by molar-refractivity contribution is 5.90. The number of pyridine rings is 1. The van der Waals surface area contributed by atoms with Gasteiger partial charge in [-0.1, -0.05) is 12.8 Å². The summed E-state index contributed by atoms with van der Waals surface area (Å²) in [7, 11) is 1.37. The highest BCUT2D eigenvalue weighted by atomic mass is 16.5. The van der Waals surface area contributed by atoms with Crippen molar-refractivity contribution in [1.82, 2.24) is 4.98 Å². The lowest BCUT2D eigenvalue weighted by atomic mass is 10.1. The van der Waals surface area contributed by atoms with Crippen molar-refractivity contribution in [2.75, 3.05) is 25.2 Å². The standard InChI is InChI=1S/C15H22N2O3/c1-11-13(15(19)20-2)7-8-14(16-11)17-9-5-3-4-6-12(17)10-18/h7-8,12,18H,3-6,9-10H2,1-2H3. The van der Waals surface area contributed by atoms with Crippen LogP contribution in [0.1, 0.15) is 41.7 Å². The molecule has 5 nitrogen and oxygen atoms in total. The molecule has 0 aromatic carbocycles. The smallest absolute Gasteiger partial charge is 0.339 e. The number of methoxy groups -OCH3 is 1. The van der Waals surface area contributed by atoms with Crippen molar-refractivity contribution in [3.05, 3.63) is 23.4 Å². The Morgan fingerprint density at radius 1 is 1.45 bits per heavy atom. The number of nitrogens with zero attached hydrogens (tertiary/aromatic N) is 2. The van der Waals surface area contributed by atoms with Gasteiger partial charge in [0, 0.05) is 6.54 Å². The zero-order chi connectivity index (χ0) is 14.5. The number of hydrogen-bond acceptors (Lipinski definition) is 5. The highest BCUT2D eigenvalue weighted by Gasteiger charge is 2.22. The third kappa shape index (κ3) is 3.10. The first-order chi connectivity index (χ1) is 9.67. The molecule has 5 heteroatoms. The molecule has 1 saturated heterocycles. The summed E-state index contributed by atoms with van der Waals surface area (Å²) in [6.07, 6.45) is 4.42. The van der Waals surface area contributed by atoms with Gasteiger partial charge in [-0.3, -0.25) is 0 Å². The Hall–Kier alpha value is -1.62. The molecule has 1 aliphatic heterocycles. The van der Waals surface area contributed by atoms with E-state index in [4.69, 9.17) is 4.74 Å². The maximum absolute atomic E-state index is 11.6. The van der Waals surface area contributed by atoms with Gasteiger partial charge in [-0.25, -0.2) is 9.78 Å². The Labute approximate surface area is 119 Å². The van der Waals surface area contributed by atoms with Gasteiger partial charge in [-0.2, -0.15) is 0 Å². The van der Waals surface area contributed by atoms with Gasteiger partial charge in [0.15, 0.2) is 0 Å². The van der Waals surface area contributed by atoms with E-state index in [-0.39, 0.29) is 18.6 Å². The third-order valence-corrected chi connectivity index (χ3v) is 3.86. The molecule has 1 aliphatic rings. The third-order valence-electron chi connectivity index (χ3n) is 3.86. The molecule has 0 amide bonds. The van der Waals surface area contributed by atoms with E-state index in [0.717, 1.165) is 31.6 Å². The molecule has 0 radical (unpaired) electrons. The predicted octanol–water partition coefficient (Wildman–Crippen LogP) is 1.92. The number of rotatable bonds is 3. The number of aromatic nitrogens is 1. The van der Waals surface area contributed by atoms with Crippen LogP contribution in [0.25, 0.3) is 0 Å². The van der Waals surface area contributed by atoms with Crippen LogP contribution in [-0.2, 0) is 4.74 Å². The lowest BCUT2D eigenvalue weighted by molar-refractivity contribution is 0.0599. The van der Waals surface area contributed by atoms with Crippen molar-refractivity contribution in [3.63, 3.8) is 0 Å². The normalized spacial score (nSPS) is 19.6. The van der Waals surface area contributed by atoms with E-state index < -0.39 is 0 Å². The summed E-state index contributed by atoms with van der Waals surface area (Å²) in [6, 6.07) is 3.71. The molecular weight excluding hydrogens is 256 g/mol. The number of carbonyl (C=O) groups is 1. The summed E-state index contributed by atoms with van der Waals surface area (Å²) in [5.41, 5.74) is 1.15. The molecule has 1 aromatic heterocycles. The SMILES string of the molecule is COC(=O)c1ccc(N2CCCCCC2CO)nc1C. The molecule has 0 saturated carbocycles. The fourth-order valence-corrected chi connectivity index (χ4v) is 2.70. The van der Waals surface area contributed by atoms with Crippen LogP contribution in [0.5, 0.6) is 0 Å². The number of anilines is 1. The summed E-state index contributed by atoms with van der Waals surface area (Å²) in [6.45, 7) is 2.84. The van der Waals surface area contributed by atoms with Gasteiger partial charge in [0.25, 0.3) is 0 Å². The highest BCUT2D eigenvalue weighted by Crippen LogP contribution is 2.23. The Bertz CT molecular complexity index is 476. The first-order valence-corrected chi connectivity index (χ1v) is 7.11. The van der Waals surface area contributed by atoms with E-state index >= 15 is 0 Å². The fourth-order valence-electron chi connectivity index (χ4n) is 2.70. The second-order valence-electron chi connectivity index (χ2n) is 5.17. The van der Waals surface area contributed by atoms with E-state index in [1.54, 1.807) is 6.07 Å². The summed E-state index contributed by atoms with van der Waals surface area (Å²) in [4.78, 5) is 18.3. The maximum atomic E-state index is 11.6. The fraction of sp³-hybridized carbons (Fsp3) is 0.600. The topological polar surface area (TPSA) is 62.7 Å². The van der Waals surface area contributed by atoms with E-state index in [9.17, 15) is 9.90 Å². The van der Waals surface area contributed by atoms with Crippen LogP contribution in [0.4, 0.5) is 5.82 Å². The number of ether oxygens (including phenoxy) is 1. The quantitative estimate of drug-likeness (QED) is 0.856. The van der Waals surface area contributed by atoms with Gasteiger partial charge < -0.3 is 14.7 Å². The maximum Gasteiger partial charge on any atom is 0.339 e. The Morgan fingerprint density at radius 2 is 2.25 bits per heavy atom. The van der Waals surface area contributed by atoms with Crippen LogP contribution in [0.3, 0.4) is 0 Å². The molecule has 1 fully saturated rings. The Morgan fingerprint density at radius 3 is 2.90 bits per heavy atom. The summed E-state index contributed by atoms with van der Waals surface area (Å²) >= 11 is 0. The largest absolute Gasteiger partial charge is 0.465 e. The van der Waals surface area contributed by atoms with Gasteiger partial charge in [0.1, 0.15) is 5.82 Å². The number of hydrogen-bond donors (Lipinski definition) is 1. The molecule has 2 heterocycles. The van der Waals surface area contributed by atoms with Gasteiger partial charge in [-0.05, 0) is 31.9 Å². The number of carbonyl (C=O) groups excluding carboxylic acids is 1. The van der Waals surface area contributed by atoms with Crippen molar-refractivity contribution < 1.29 is 14.6 Å². The van der Waals surface area contributed by atoms with E-state index in [2.05, 4.69) is 9.88 Å². The minimum absolute atomic E-state index is 0.119. The molecular formula is C15H22N2O3. The zero-order valence-electron chi connectivity index (χ0n) is 12.1. The number of esters is 1. The number of aryl methyl sites for hydroxylation is 1. The zero-order valence-corrected chi connectivity index (χ0v) is 12.1. The minimum atomic E-state index is -0.365. The van der Waals surface area contributed by atoms with Crippen molar-refractivity contribution in [2.24, 2.45) is 0 Å². The number of aliphatic hydroxyl groups is 1. The predicted molar refractivity (Wildman–Crippen MR) is 77.0 cm³/mol. The van der Waals surface area contributed by atoms with Gasteiger partial charge in [0.2, 0.25) is 0 Å². The Balaban J connectivity index is 2.27. The molecule has 0 aliphatic carbocycles. The summed E-state index contributed by atoms with van der Waals surface area (Å²) < 4.78 is 4.73. The lowest BCUT2D eigenvalue weighted by Crippen LogP contribution is -2.38. The average molecular weight is 278 g/mol. The van der Waals surface area contributed by atoms with Crippen molar-refractivity contribution in [2.45, 2.75) is 38.6 Å².